The summed E-state index contributed by atoms with van der Waals surface area (Å²) >= 11 is 0. The SMILES string of the molecule is CCCCCCCCC(=O)OCC(COC(=O)CCCCCCCC)CC(=O)O[C@H]1CN(C(=O)OC2CN(C)C2)C[C@@H]1OC(=O)CC(COC(=O)CCCCCCCC)COC(=O)CCCCCCCC. The van der Waals surface area contributed by atoms with Gasteiger partial charge in [0.05, 0.1) is 52.4 Å². The van der Waals surface area contributed by atoms with Crippen LogP contribution < -0.4 is 0 Å². The minimum atomic E-state index is -1.09. The molecule has 410 valence electrons. The van der Waals surface area contributed by atoms with Crippen LogP contribution in [0.2, 0.25) is 0 Å². The number of carbonyl (C=O) groups excluding carboxylic acids is 7. The van der Waals surface area contributed by atoms with Gasteiger partial charge in [-0.05, 0) is 32.7 Å². The van der Waals surface area contributed by atoms with Crippen molar-refractivity contribution in [3.8, 4) is 0 Å². The molecule has 0 spiro atoms. The number of carbonyl (C=O) groups is 7. The number of likely N-dealkylation sites (N-methyl/N-ethyl adjacent to an activating group) is 1. The second-order valence-corrected chi connectivity index (χ2v) is 20.1. The highest BCUT2D eigenvalue weighted by atomic mass is 16.6. The van der Waals surface area contributed by atoms with Crippen LogP contribution in [0.3, 0.4) is 0 Å². The van der Waals surface area contributed by atoms with Crippen molar-refractivity contribution >= 4 is 41.9 Å². The topological polar surface area (TPSA) is 191 Å². The first-order valence-corrected chi connectivity index (χ1v) is 28.0. The minimum absolute atomic E-state index is 0.119. The van der Waals surface area contributed by atoms with Crippen molar-refractivity contribution in [1.29, 1.82) is 0 Å². The molecule has 0 N–H and O–H groups in total. The molecule has 0 aromatic carbocycles. The standard InChI is InChI=1S/C55H96N2O14/c1-6-10-14-18-22-26-30-49(58)65-40-44(41-66-50(59)31-27-23-19-15-11-7-2)34-53(62)70-47-38-57(55(64)69-46-36-56(5)37-46)39-48(47)71-54(63)35-45(42-67-51(60)32-28-24-20-16-12-8-3)43-68-52(61)33-29-25-21-17-13-9-4/h44-48H,6-43H2,1-5H3/t47-,48-/m0/s1. The summed E-state index contributed by atoms with van der Waals surface area (Å²) in [6.07, 6.45) is 21.5. The Balaban J connectivity index is 2.15. The zero-order valence-electron chi connectivity index (χ0n) is 44.9. The molecule has 2 rings (SSSR count). The third-order valence-corrected chi connectivity index (χ3v) is 13.1. The van der Waals surface area contributed by atoms with Gasteiger partial charge in [0.1, 0.15) is 6.10 Å². The quantitative estimate of drug-likeness (QED) is 0.0318. The third kappa shape index (κ3) is 32.0. The first-order valence-electron chi connectivity index (χ1n) is 28.0. The molecule has 0 saturated carbocycles. The van der Waals surface area contributed by atoms with Crippen LogP contribution in [0.5, 0.6) is 0 Å². The van der Waals surface area contributed by atoms with Crippen LogP contribution in [0.1, 0.15) is 220 Å². The Morgan fingerprint density at radius 1 is 0.380 bits per heavy atom. The van der Waals surface area contributed by atoms with E-state index in [9.17, 15) is 33.6 Å². The fourth-order valence-corrected chi connectivity index (χ4v) is 8.62. The van der Waals surface area contributed by atoms with Crippen LogP contribution >= 0.6 is 0 Å². The van der Waals surface area contributed by atoms with E-state index in [0.717, 1.165) is 128 Å². The van der Waals surface area contributed by atoms with E-state index < -0.39 is 66.0 Å². The van der Waals surface area contributed by atoms with Gasteiger partial charge in [0.2, 0.25) is 0 Å². The van der Waals surface area contributed by atoms with E-state index in [1.165, 1.54) is 4.90 Å². The average molecular weight is 1010 g/mol. The third-order valence-electron chi connectivity index (χ3n) is 13.1. The Kier molecular flexibility index (Phi) is 36.1. The van der Waals surface area contributed by atoms with Crippen LogP contribution in [-0.2, 0) is 61.9 Å². The van der Waals surface area contributed by atoms with Crippen molar-refractivity contribution in [2.45, 2.75) is 239 Å². The smallest absolute Gasteiger partial charge is 0.410 e. The monoisotopic (exact) mass is 1010 g/mol. The highest BCUT2D eigenvalue weighted by molar-refractivity contribution is 5.74. The Labute approximate surface area is 427 Å². The molecule has 0 bridgehead atoms. The first kappa shape index (κ1) is 63.2. The molecule has 0 aliphatic carbocycles. The fraction of sp³-hybridized carbons (Fsp3) is 0.873. The van der Waals surface area contributed by atoms with E-state index in [0.29, 0.717) is 38.8 Å². The molecular weight excluding hydrogens is 913 g/mol. The molecule has 1 amide bonds. The number of hydrogen-bond acceptors (Lipinski definition) is 15. The van der Waals surface area contributed by atoms with Crippen molar-refractivity contribution < 1.29 is 66.7 Å². The van der Waals surface area contributed by atoms with Crippen molar-refractivity contribution in [1.82, 2.24) is 9.80 Å². The van der Waals surface area contributed by atoms with Crippen LogP contribution in [-0.4, -0.2) is 130 Å². The summed E-state index contributed by atoms with van der Waals surface area (Å²) < 4.78 is 39.9. The molecule has 0 aromatic heterocycles. The van der Waals surface area contributed by atoms with Gasteiger partial charge in [-0.15, -0.1) is 0 Å². The maximum Gasteiger partial charge on any atom is 0.410 e. The lowest BCUT2D eigenvalue weighted by Crippen LogP contribution is -2.51. The molecular formula is C55H96N2O14. The van der Waals surface area contributed by atoms with Crippen molar-refractivity contribution in [3.63, 3.8) is 0 Å². The number of rotatable bonds is 43. The highest BCUT2D eigenvalue weighted by Crippen LogP contribution is 2.24. The maximum atomic E-state index is 13.7. The van der Waals surface area contributed by atoms with Crippen molar-refractivity contribution in [2.24, 2.45) is 11.8 Å². The molecule has 2 aliphatic rings. The number of hydrogen-bond donors (Lipinski definition) is 0. The zero-order chi connectivity index (χ0) is 51.9. The summed E-state index contributed by atoms with van der Waals surface area (Å²) in [5.41, 5.74) is 0. The van der Waals surface area contributed by atoms with Crippen LogP contribution in [0.15, 0.2) is 0 Å². The molecule has 2 heterocycles. The highest BCUT2D eigenvalue weighted by Gasteiger charge is 2.43. The lowest BCUT2D eigenvalue weighted by molar-refractivity contribution is -0.167. The second kappa shape index (κ2) is 40.5. The summed E-state index contributed by atoms with van der Waals surface area (Å²) in [6.45, 7) is 8.82. The van der Waals surface area contributed by atoms with Gasteiger partial charge in [-0.3, -0.25) is 33.7 Å². The van der Waals surface area contributed by atoms with Gasteiger partial charge in [-0.2, -0.15) is 0 Å². The average Bonchev–Trinajstić information content (AvgIpc) is 3.73. The minimum Gasteiger partial charge on any atom is -0.465 e. The molecule has 16 nitrogen and oxygen atoms in total. The number of nitrogens with zero attached hydrogens (tertiary/aromatic N) is 2. The van der Waals surface area contributed by atoms with E-state index in [1.807, 2.05) is 11.9 Å². The number of amides is 1. The number of ether oxygens (including phenoxy) is 7. The Hall–Kier alpha value is -3.95. The summed E-state index contributed by atoms with van der Waals surface area (Å²) in [5.74, 6) is -4.45. The fourth-order valence-electron chi connectivity index (χ4n) is 8.62. The molecule has 0 radical (unpaired) electrons. The van der Waals surface area contributed by atoms with Crippen molar-refractivity contribution in [3.05, 3.63) is 0 Å². The van der Waals surface area contributed by atoms with E-state index in [-0.39, 0.29) is 84.1 Å². The Bertz CT molecular complexity index is 1330. The Morgan fingerprint density at radius 3 is 0.944 bits per heavy atom. The molecule has 0 aromatic rings. The number of esters is 6. The molecule has 16 heteroatoms. The molecule has 71 heavy (non-hydrogen) atoms. The van der Waals surface area contributed by atoms with Gasteiger partial charge in [0.15, 0.2) is 12.2 Å². The van der Waals surface area contributed by atoms with Crippen LogP contribution in [0.4, 0.5) is 4.79 Å². The first-order chi connectivity index (χ1) is 34.4. The largest absolute Gasteiger partial charge is 0.465 e. The van der Waals surface area contributed by atoms with Gasteiger partial charge in [-0.1, -0.05) is 156 Å². The summed E-state index contributed by atoms with van der Waals surface area (Å²) in [6, 6.07) is 0. The predicted molar refractivity (Wildman–Crippen MR) is 271 cm³/mol. The summed E-state index contributed by atoms with van der Waals surface area (Å²) in [7, 11) is 1.91. The lowest BCUT2D eigenvalue weighted by Gasteiger charge is -2.36. The van der Waals surface area contributed by atoms with Crippen molar-refractivity contribution in [2.75, 3.05) is 59.7 Å². The normalized spacial score (nSPS) is 15.9. The van der Waals surface area contributed by atoms with E-state index in [2.05, 4.69) is 27.7 Å². The van der Waals surface area contributed by atoms with Gasteiger partial charge >= 0.3 is 41.9 Å². The van der Waals surface area contributed by atoms with Gasteiger partial charge in [-0.25, -0.2) is 4.79 Å². The van der Waals surface area contributed by atoms with Crippen LogP contribution in [0, 0.1) is 11.8 Å². The molecule has 2 atom stereocenters. The van der Waals surface area contributed by atoms with Gasteiger partial charge in [0.25, 0.3) is 0 Å². The molecule has 0 unspecified atom stereocenters. The Morgan fingerprint density at radius 2 is 0.662 bits per heavy atom. The van der Waals surface area contributed by atoms with Gasteiger partial charge in [0, 0.05) is 50.6 Å². The van der Waals surface area contributed by atoms with Crippen LogP contribution in [0.25, 0.3) is 0 Å². The second-order valence-electron chi connectivity index (χ2n) is 20.1. The maximum absolute atomic E-state index is 13.7. The molecule has 2 saturated heterocycles. The van der Waals surface area contributed by atoms with E-state index >= 15 is 0 Å². The van der Waals surface area contributed by atoms with E-state index in [1.54, 1.807) is 0 Å². The number of likely N-dealkylation sites (tertiary alicyclic amines) is 2. The van der Waals surface area contributed by atoms with E-state index in [4.69, 9.17) is 33.2 Å². The lowest BCUT2D eigenvalue weighted by atomic mass is 10.1. The number of unbranched alkanes of at least 4 members (excludes halogenated alkanes) is 20. The predicted octanol–water partition coefficient (Wildman–Crippen LogP) is 10.8. The summed E-state index contributed by atoms with van der Waals surface area (Å²) in [5, 5.41) is 0. The van der Waals surface area contributed by atoms with Gasteiger partial charge < -0.3 is 38.1 Å². The summed E-state index contributed by atoms with van der Waals surface area (Å²) in [4.78, 5) is 95.2. The zero-order valence-corrected chi connectivity index (χ0v) is 44.9. The molecule has 2 fully saturated rings. The molecule has 2 aliphatic heterocycles.